The summed E-state index contributed by atoms with van der Waals surface area (Å²) in [5.74, 6) is 0.296. The molecule has 0 amide bonds. The fraction of sp³-hybridized carbons (Fsp3) is 0.333. The third kappa shape index (κ3) is 1.61. The van der Waals surface area contributed by atoms with Crippen LogP contribution < -0.4 is 0 Å². The number of phenolic OH excluding ortho intramolecular Hbond substituents is 1. The molecule has 0 aliphatic rings. The molecular weight excluding hydrogens is 154 g/mol. The van der Waals surface area contributed by atoms with Gasteiger partial charge in [-0.25, -0.2) is 0 Å². The Kier molecular flexibility index (Phi) is 2.43. The Balaban J connectivity index is 3.11. The third-order valence-electron chi connectivity index (χ3n) is 1.80. The lowest BCUT2D eigenvalue weighted by molar-refractivity contribution is 0.466. The van der Waals surface area contributed by atoms with Gasteiger partial charge in [-0.15, -0.1) is 0 Å². The summed E-state index contributed by atoms with van der Waals surface area (Å²) < 4.78 is 0. The van der Waals surface area contributed by atoms with Crippen LogP contribution in [0.15, 0.2) is 17.3 Å². The van der Waals surface area contributed by atoms with Crippen LogP contribution in [0.4, 0.5) is 0 Å². The quantitative estimate of drug-likeness (QED) is 0.683. The Labute approximate surface area is 71.0 Å². The zero-order valence-electron chi connectivity index (χ0n) is 7.16. The van der Waals surface area contributed by atoms with Gasteiger partial charge in [0.25, 0.3) is 0 Å². The first-order valence-electron chi connectivity index (χ1n) is 3.73. The van der Waals surface area contributed by atoms with E-state index >= 15 is 0 Å². The summed E-state index contributed by atoms with van der Waals surface area (Å²) in [4.78, 5) is 9.97. The van der Waals surface area contributed by atoms with Gasteiger partial charge in [0.2, 0.25) is 0 Å². The summed E-state index contributed by atoms with van der Waals surface area (Å²) in [5, 5.41) is 12.2. The Morgan fingerprint density at radius 2 is 1.83 bits per heavy atom. The predicted molar refractivity (Wildman–Crippen MR) is 47.1 cm³/mol. The number of nitrogens with zero attached hydrogens (tertiary/aromatic N) is 1. The van der Waals surface area contributed by atoms with Gasteiger partial charge in [-0.05, 0) is 30.5 Å². The molecule has 0 saturated heterocycles. The van der Waals surface area contributed by atoms with Crippen LogP contribution in [0, 0.1) is 18.8 Å². The Hall–Kier alpha value is -1.38. The summed E-state index contributed by atoms with van der Waals surface area (Å²) >= 11 is 0. The maximum absolute atomic E-state index is 9.97. The number of aryl methyl sites for hydroxylation is 2. The van der Waals surface area contributed by atoms with Crippen molar-refractivity contribution in [2.24, 2.45) is 5.18 Å². The van der Waals surface area contributed by atoms with Crippen molar-refractivity contribution in [2.75, 3.05) is 0 Å². The van der Waals surface area contributed by atoms with E-state index in [1.54, 1.807) is 26.0 Å². The second kappa shape index (κ2) is 3.34. The van der Waals surface area contributed by atoms with E-state index < -0.39 is 0 Å². The standard InChI is InChI=1S/C9H11NO2/c1-6-3-8(5-10-12)4-7(2)9(6)11/h3-4,11H,5H2,1-2H3. The van der Waals surface area contributed by atoms with E-state index in [-0.39, 0.29) is 6.54 Å². The van der Waals surface area contributed by atoms with E-state index in [0.717, 1.165) is 16.7 Å². The van der Waals surface area contributed by atoms with Gasteiger partial charge in [-0.3, -0.25) is 0 Å². The number of aromatic hydroxyl groups is 1. The lowest BCUT2D eigenvalue weighted by Gasteiger charge is -2.04. The maximum atomic E-state index is 9.97. The van der Waals surface area contributed by atoms with Crippen LogP contribution in [-0.2, 0) is 6.54 Å². The molecule has 0 bridgehead atoms. The molecule has 1 aromatic rings. The summed E-state index contributed by atoms with van der Waals surface area (Å²) in [7, 11) is 0. The monoisotopic (exact) mass is 165 g/mol. The minimum absolute atomic E-state index is 0.169. The smallest absolute Gasteiger partial charge is 0.121 e. The summed E-state index contributed by atoms with van der Waals surface area (Å²) in [5.41, 5.74) is 2.42. The van der Waals surface area contributed by atoms with E-state index in [0.29, 0.717) is 5.75 Å². The lowest BCUT2D eigenvalue weighted by atomic mass is 10.1. The van der Waals surface area contributed by atoms with Crippen molar-refractivity contribution < 1.29 is 5.11 Å². The minimum Gasteiger partial charge on any atom is -0.507 e. The number of hydrogen-bond acceptors (Lipinski definition) is 3. The van der Waals surface area contributed by atoms with Crippen LogP contribution >= 0.6 is 0 Å². The largest absolute Gasteiger partial charge is 0.507 e. The molecule has 0 atom stereocenters. The maximum Gasteiger partial charge on any atom is 0.121 e. The number of phenols is 1. The second-order valence-electron chi connectivity index (χ2n) is 2.87. The van der Waals surface area contributed by atoms with Gasteiger partial charge in [0.1, 0.15) is 12.3 Å². The molecule has 0 heterocycles. The van der Waals surface area contributed by atoms with Crippen LogP contribution in [0.2, 0.25) is 0 Å². The zero-order chi connectivity index (χ0) is 9.14. The van der Waals surface area contributed by atoms with E-state index in [1.807, 2.05) is 0 Å². The SMILES string of the molecule is Cc1cc(CN=O)cc(C)c1O. The summed E-state index contributed by atoms with van der Waals surface area (Å²) in [6.45, 7) is 3.77. The highest BCUT2D eigenvalue weighted by Gasteiger charge is 2.02. The number of rotatable bonds is 2. The van der Waals surface area contributed by atoms with Gasteiger partial charge >= 0.3 is 0 Å². The van der Waals surface area contributed by atoms with E-state index in [1.165, 1.54) is 0 Å². The molecular formula is C9H11NO2. The fourth-order valence-electron chi connectivity index (χ4n) is 1.21. The molecule has 1 rings (SSSR count). The first-order valence-corrected chi connectivity index (χ1v) is 3.73. The molecule has 64 valence electrons. The minimum atomic E-state index is 0.169. The van der Waals surface area contributed by atoms with Gasteiger partial charge in [0, 0.05) is 0 Å². The van der Waals surface area contributed by atoms with Crippen LogP contribution in [-0.4, -0.2) is 5.11 Å². The lowest BCUT2D eigenvalue weighted by Crippen LogP contribution is -1.86. The summed E-state index contributed by atoms with van der Waals surface area (Å²) in [6.07, 6.45) is 0. The molecule has 1 aromatic carbocycles. The highest BCUT2D eigenvalue weighted by atomic mass is 16.3. The molecule has 0 aliphatic heterocycles. The topological polar surface area (TPSA) is 49.7 Å². The number of hydrogen-bond donors (Lipinski definition) is 1. The molecule has 12 heavy (non-hydrogen) atoms. The van der Waals surface area contributed by atoms with Crippen molar-refractivity contribution in [1.82, 2.24) is 0 Å². The molecule has 0 unspecified atom stereocenters. The van der Waals surface area contributed by atoms with Crippen molar-refractivity contribution in [3.8, 4) is 5.75 Å². The Bertz CT molecular complexity index is 284. The fourth-order valence-corrected chi connectivity index (χ4v) is 1.21. The van der Waals surface area contributed by atoms with Crippen molar-refractivity contribution in [3.05, 3.63) is 33.7 Å². The van der Waals surface area contributed by atoms with Gasteiger partial charge in [0.15, 0.2) is 0 Å². The average molecular weight is 165 g/mol. The summed E-state index contributed by atoms with van der Waals surface area (Å²) in [6, 6.07) is 3.54. The van der Waals surface area contributed by atoms with Crippen LogP contribution in [0.5, 0.6) is 5.75 Å². The van der Waals surface area contributed by atoms with E-state index in [4.69, 9.17) is 0 Å². The zero-order valence-corrected chi connectivity index (χ0v) is 7.16. The average Bonchev–Trinajstić information content (AvgIpc) is 2.01. The van der Waals surface area contributed by atoms with E-state index in [2.05, 4.69) is 5.18 Å². The van der Waals surface area contributed by atoms with Crippen molar-refractivity contribution in [3.63, 3.8) is 0 Å². The normalized spacial score (nSPS) is 9.83. The predicted octanol–water partition coefficient (Wildman–Crippen LogP) is 2.28. The molecule has 3 heteroatoms. The van der Waals surface area contributed by atoms with Gasteiger partial charge in [0.05, 0.1) is 0 Å². The molecule has 0 aromatic heterocycles. The second-order valence-corrected chi connectivity index (χ2v) is 2.87. The molecule has 0 radical (unpaired) electrons. The van der Waals surface area contributed by atoms with Crippen LogP contribution in [0.3, 0.4) is 0 Å². The number of nitroso groups, excluding NO2 is 1. The first-order chi connectivity index (χ1) is 5.65. The van der Waals surface area contributed by atoms with Gasteiger partial charge in [-0.1, -0.05) is 17.3 Å². The molecule has 3 nitrogen and oxygen atoms in total. The van der Waals surface area contributed by atoms with Crippen LogP contribution in [0.1, 0.15) is 16.7 Å². The highest BCUT2D eigenvalue weighted by Crippen LogP contribution is 2.22. The number of benzene rings is 1. The molecule has 0 aliphatic carbocycles. The highest BCUT2D eigenvalue weighted by molar-refractivity contribution is 5.42. The molecule has 0 saturated carbocycles. The Morgan fingerprint density at radius 3 is 2.25 bits per heavy atom. The van der Waals surface area contributed by atoms with Crippen molar-refractivity contribution in [1.29, 1.82) is 0 Å². The van der Waals surface area contributed by atoms with Gasteiger partial charge < -0.3 is 5.11 Å². The van der Waals surface area contributed by atoms with Crippen LogP contribution in [0.25, 0.3) is 0 Å². The molecule has 1 N–H and O–H groups in total. The molecule has 0 fully saturated rings. The van der Waals surface area contributed by atoms with Crippen molar-refractivity contribution in [2.45, 2.75) is 20.4 Å². The van der Waals surface area contributed by atoms with Gasteiger partial charge in [-0.2, -0.15) is 4.91 Å². The van der Waals surface area contributed by atoms with Crippen molar-refractivity contribution >= 4 is 0 Å². The van der Waals surface area contributed by atoms with E-state index in [9.17, 15) is 10.0 Å². The molecule has 0 spiro atoms. The Morgan fingerprint density at radius 1 is 1.33 bits per heavy atom. The first kappa shape index (κ1) is 8.71. The third-order valence-corrected chi connectivity index (χ3v) is 1.80.